The molecule has 43 heavy (non-hydrogen) atoms. The van der Waals surface area contributed by atoms with E-state index in [0.717, 1.165) is 18.7 Å². The average Bonchev–Trinajstić information content (AvgIpc) is 3.42. The molecule has 216 valence electrons. The number of piperidine rings is 1. The molecular formula is C33H30N6O3S. The zero-order chi connectivity index (χ0) is 29.2. The van der Waals surface area contributed by atoms with E-state index in [-0.39, 0.29) is 5.91 Å². The summed E-state index contributed by atoms with van der Waals surface area (Å²) in [5.41, 5.74) is 2.98. The van der Waals surface area contributed by atoms with Crippen LogP contribution in [0.3, 0.4) is 0 Å². The van der Waals surface area contributed by atoms with Gasteiger partial charge in [0.15, 0.2) is 5.82 Å². The molecule has 1 saturated heterocycles. The van der Waals surface area contributed by atoms with E-state index in [2.05, 4.69) is 37.6 Å². The molecule has 2 aromatic heterocycles. The molecule has 5 aromatic rings. The van der Waals surface area contributed by atoms with Gasteiger partial charge in [-0.15, -0.1) is 11.3 Å². The molecule has 2 aliphatic rings. The number of hydrogen-bond donors (Lipinski definition) is 2. The summed E-state index contributed by atoms with van der Waals surface area (Å²) in [7, 11) is 0. The molecule has 2 N–H and O–H groups in total. The van der Waals surface area contributed by atoms with Crippen LogP contribution in [-0.2, 0) is 6.42 Å². The molecule has 3 amide bonds. The summed E-state index contributed by atoms with van der Waals surface area (Å²) >= 11 is 1.23. The lowest BCUT2D eigenvalue weighted by Crippen LogP contribution is -2.35. The van der Waals surface area contributed by atoms with Crippen molar-refractivity contribution in [3.8, 4) is 11.5 Å². The smallest absolute Gasteiger partial charge is 0.332 e. The number of benzene rings is 3. The number of nitrogens with one attached hydrogen (secondary N) is 2. The van der Waals surface area contributed by atoms with E-state index < -0.39 is 6.03 Å². The van der Waals surface area contributed by atoms with Crippen LogP contribution >= 0.6 is 11.3 Å². The first kappa shape index (κ1) is 27.1. The fourth-order valence-corrected chi connectivity index (χ4v) is 6.55. The molecule has 0 radical (unpaired) electrons. The quantitative estimate of drug-likeness (QED) is 0.195. The largest absolute Gasteiger partial charge is 0.457 e. The van der Waals surface area contributed by atoms with Crippen molar-refractivity contribution in [2.75, 3.05) is 35.2 Å². The standard InChI is InChI=1S/C33H30N6O3S/c40-31(36-23-11-9-22(10-12-23)17-20-38-18-5-2-6-19-38)29-28-27-30(34-21-35-32(27)43-29)39(33(41)37-28)24-13-15-26(16-14-24)42-25-7-3-1-4-8-25/h1,3-4,7-16,21H,2,5-6,17-20H2,(H,36,40)(H,37,41). The van der Waals surface area contributed by atoms with Crippen molar-refractivity contribution in [1.82, 2.24) is 14.9 Å². The molecule has 0 spiro atoms. The van der Waals surface area contributed by atoms with Crippen LogP contribution in [0.4, 0.5) is 27.7 Å². The molecule has 10 heteroatoms. The summed E-state index contributed by atoms with van der Waals surface area (Å²) in [5.74, 6) is 1.49. The van der Waals surface area contributed by atoms with Gasteiger partial charge < -0.3 is 20.3 Å². The van der Waals surface area contributed by atoms with E-state index in [1.165, 1.54) is 60.5 Å². The highest BCUT2D eigenvalue weighted by atomic mass is 32.1. The van der Waals surface area contributed by atoms with Crippen LogP contribution in [0.2, 0.25) is 0 Å². The van der Waals surface area contributed by atoms with Crippen LogP contribution in [0.15, 0.2) is 85.2 Å². The molecular weight excluding hydrogens is 560 g/mol. The maximum atomic E-state index is 13.4. The third-order valence-corrected chi connectivity index (χ3v) is 8.87. The Morgan fingerprint density at radius 1 is 0.907 bits per heavy atom. The Labute approximate surface area is 253 Å². The van der Waals surface area contributed by atoms with Crippen LogP contribution < -0.4 is 20.3 Å². The van der Waals surface area contributed by atoms with Crippen molar-refractivity contribution in [1.29, 1.82) is 0 Å². The zero-order valence-electron chi connectivity index (χ0n) is 23.5. The van der Waals surface area contributed by atoms with Gasteiger partial charge in [0, 0.05) is 12.2 Å². The maximum Gasteiger partial charge on any atom is 0.332 e. The summed E-state index contributed by atoms with van der Waals surface area (Å²) in [4.78, 5) is 40.7. The van der Waals surface area contributed by atoms with Crippen LogP contribution in [0.5, 0.6) is 11.5 Å². The van der Waals surface area contributed by atoms with Gasteiger partial charge in [-0.2, -0.15) is 0 Å². The van der Waals surface area contributed by atoms with Gasteiger partial charge in [0.1, 0.15) is 27.5 Å². The summed E-state index contributed by atoms with van der Waals surface area (Å²) in [6.45, 7) is 3.42. The molecule has 0 aliphatic carbocycles. The number of thiophene rings is 1. The van der Waals surface area contributed by atoms with E-state index >= 15 is 0 Å². The Hall–Kier alpha value is -4.80. The molecule has 7 rings (SSSR count). The van der Waals surface area contributed by atoms with E-state index in [1.807, 2.05) is 42.5 Å². The lowest BCUT2D eigenvalue weighted by atomic mass is 10.1. The fourth-order valence-electron chi connectivity index (χ4n) is 5.57. The van der Waals surface area contributed by atoms with Crippen molar-refractivity contribution < 1.29 is 14.3 Å². The molecule has 0 bridgehead atoms. The minimum absolute atomic E-state index is 0.304. The molecule has 4 heterocycles. The van der Waals surface area contributed by atoms with E-state index in [9.17, 15) is 9.59 Å². The van der Waals surface area contributed by atoms with Gasteiger partial charge in [0.2, 0.25) is 0 Å². The first-order chi connectivity index (χ1) is 21.1. The lowest BCUT2D eigenvalue weighted by molar-refractivity contribution is 0.103. The van der Waals surface area contributed by atoms with Gasteiger partial charge in [0.05, 0.1) is 16.8 Å². The highest BCUT2D eigenvalue weighted by Crippen LogP contribution is 2.45. The Bertz CT molecular complexity index is 1770. The number of anilines is 4. The molecule has 0 unspecified atom stereocenters. The van der Waals surface area contributed by atoms with Gasteiger partial charge >= 0.3 is 6.03 Å². The van der Waals surface area contributed by atoms with Crippen molar-refractivity contribution in [3.05, 3.63) is 95.6 Å². The summed E-state index contributed by atoms with van der Waals surface area (Å²) in [6.07, 6.45) is 6.31. The van der Waals surface area contributed by atoms with Gasteiger partial charge in [-0.1, -0.05) is 36.8 Å². The average molecular weight is 591 g/mol. The molecule has 2 aliphatic heterocycles. The number of aromatic nitrogens is 2. The second-order valence-electron chi connectivity index (χ2n) is 10.7. The number of likely N-dealkylation sites (tertiary alicyclic amines) is 1. The van der Waals surface area contributed by atoms with Crippen LogP contribution in [0, 0.1) is 0 Å². The number of amides is 3. The molecule has 0 saturated carbocycles. The maximum absolute atomic E-state index is 13.4. The van der Waals surface area contributed by atoms with Crippen LogP contribution in [-0.4, -0.2) is 46.4 Å². The number of rotatable bonds is 8. The molecule has 9 nitrogen and oxygen atoms in total. The van der Waals surface area contributed by atoms with Gasteiger partial charge in [-0.05, 0) is 86.4 Å². The topological polar surface area (TPSA) is 99.7 Å². The van der Waals surface area contributed by atoms with E-state index in [4.69, 9.17) is 4.74 Å². The summed E-state index contributed by atoms with van der Waals surface area (Å²) in [5, 5.41) is 6.54. The third-order valence-electron chi connectivity index (χ3n) is 7.77. The fraction of sp³-hybridized carbons (Fsp3) is 0.212. The van der Waals surface area contributed by atoms with Crippen LogP contribution in [0.1, 0.15) is 34.5 Å². The van der Waals surface area contributed by atoms with E-state index in [0.29, 0.717) is 43.7 Å². The van der Waals surface area contributed by atoms with Crippen LogP contribution in [0.25, 0.3) is 10.2 Å². The highest BCUT2D eigenvalue weighted by molar-refractivity contribution is 7.21. The zero-order valence-corrected chi connectivity index (χ0v) is 24.3. The SMILES string of the molecule is O=C(Nc1ccc(CCN2CCCCC2)cc1)c1sc2ncnc3c2c1NC(=O)N3c1ccc(Oc2ccccc2)cc1. The van der Waals surface area contributed by atoms with Crippen molar-refractivity contribution in [3.63, 3.8) is 0 Å². The Kier molecular flexibility index (Phi) is 7.44. The summed E-state index contributed by atoms with van der Waals surface area (Å²) < 4.78 is 5.89. The predicted molar refractivity (Wildman–Crippen MR) is 170 cm³/mol. The Balaban J connectivity index is 1.08. The first-order valence-corrected chi connectivity index (χ1v) is 15.3. The highest BCUT2D eigenvalue weighted by Gasteiger charge is 2.33. The predicted octanol–water partition coefficient (Wildman–Crippen LogP) is 7.45. The monoisotopic (exact) mass is 590 g/mol. The second-order valence-corrected chi connectivity index (χ2v) is 11.7. The number of para-hydroxylation sites is 1. The normalized spacial score (nSPS) is 14.9. The van der Waals surface area contributed by atoms with Crippen molar-refractivity contribution in [2.24, 2.45) is 0 Å². The van der Waals surface area contributed by atoms with Gasteiger partial charge in [-0.3, -0.25) is 4.79 Å². The van der Waals surface area contributed by atoms with Gasteiger partial charge in [-0.25, -0.2) is 19.7 Å². The molecule has 0 atom stereocenters. The number of hydrogen-bond acceptors (Lipinski definition) is 7. The Morgan fingerprint density at radius 3 is 2.42 bits per heavy atom. The van der Waals surface area contributed by atoms with Crippen molar-refractivity contribution in [2.45, 2.75) is 25.7 Å². The molecule has 3 aromatic carbocycles. The van der Waals surface area contributed by atoms with Crippen molar-refractivity contribution >= 4 is 56.4 Å². The number of carbonyl (C=O) groups excluding carboxylic acids is 2. The number of ether oxygens (including phenoxy) is 1. The van der Waals surface area contributed by atoms with Gasteiger partial charge in [0.25, 0.3) is 5.91 Å². The number of nitrogens with zero attached hydrogens (tertiary/aromatic N) is 4. The third kappa shape index (κ3) is 5.67. The molecule has 1 fully saturated rings. The minimum Gasteiger partial charge on any atom is -0.457 e. The number of urea groups is 1. The Morgan fingerprint density at radius 2 is 1.65 bits per heavy atom. The first-order valence-electron chi connectivity index (χ1n) is 14.5. The van der Waals surface area contributed by atoms with E-state index in [1.54, 1.807) is 24.3 Å². The minimum atomic E-state index is -0.408. The second kappa shape index (κ2) is 11.8. The lowest BCUT2D eigenvalue weighted by Gasteiger charge is -2.27. The summed E-state index contributed by atoms with van der Waals surface area (Å²) in [6, 6.07) is 24.3. The number of carbonyl (C=O) groups is 2.